The van der Waals surface area contributed by atoms with Gasteiger partial charge in [-0.25, -0.2) is 0 Å². The maximum absolute atomic E-state index is 5.32. The van der Waals surface area contributed by atoms with Gasteiger partial charge in [-0.3, -0.25) is 0 Å². The van der Waals surface area contributed by atoms with E-state index >= 15 is 0 Å². The van der Waals surface area contributed by atoms with Crippen LogP contribution in [-0.4, -0.2) is 44.0 Å². The van der Waals surface area contributed by atoms with Crippen molar-refractivity contribution in [2.75, 3.05) is 39.1 Å². The van der Waals surface area contributed by atoms with Crippen molar-refractivity contribution in [3.05, 3.63) is 0 Å². The summed E-state index contributed by atoms with van der Waals surface area (Å²) in [5.41, 5.74) is 0. The summed E-state index contributed by atoms with van der Waals surface area (Å²) in [5, 5.41) is 0. The molecule has 0 amide bonds. The molecule has 0 heterocycles. The lowest BCUT2D eigenvalue weighted by molar-refractivity contribution is 0.115. The smallest absolute Gasteiger partial charge is 0.0593 e. The van der Waals surface area contributed by atoms with Gasteiger partial charge in [0.1, 0.15) is 0 Å². The molecule has 0 aromatic heterocycles. The zero-order valence-electron chi connectivity index (χ0n) is 9.99. The van der Waals surface area contributed by atoms with Gasteiger partial charge in [-0.05, 0) is 31.6 Å². The highest BCUT2D eigenvalue weighted by Gasteiger charge is 2.13. The first-order valence-electron chi connectivity index (χ1n) is 5.48. The maximum Gasteiger partial charge on any atom is 0.0593 e. The van der Waals surface area contributed by atoms with Crippen LogP contribution >= 0.6 is 12.6 Å². The van der Waals surface area contributed by atoms with Crippen LogP contribution in [0.3, 0.4) is 0 Å². The molecular formula is C11H25NOS. The van der Waals surface area contributed by atoms with E-state index < -0.39 is 0 Å². The predicted molar refractivity (Wildman–Crippen MR) is 66.2 cm³/mol. The molecule has 0 saturated heterocycles. The lowest BCUT2D eigenvalue weighted by Crippen LogP contribution is -2.32. The first-order valence-corrected chi connectivity index (χ1v) is 6.12. The highest BCUT2D eigenvalue weighted by atomic mass is 32.1. The van der Waals surface area contributed by atoms with E-state index in [0.29, 0.717) is 11.8 Å². The van der Waals surface area contributed by atoms with E-state index in [-0.39, 0.29) is 0 Å². The Morgan fingerprint density at radius 1 is 1.36 bits per heavy atom. The van der Waals surface area contributed by atoms with E-state index in [0.717, 1.165) is 32.1 Å². The Morgan fingerprint density at radius 3 is 2.43 bits per heavy atom. The third kappa shape index (κ3) is 6.68. The van der Waals surface area contributed by atoms with Gasteiger partial charge in [0, 0.05) is 19.7 Å². The fourth-order valence-corrected chi connectivity index (χ4v) is 1.87. The lowest BCUT2D eigenvalue weighted by atomic mass is 9.97. The van der Waals surface area contributed by atoms with Crippen molar-refractivity contribution in [3.63, 3.8) is 0 Å². The predicted octanol–water partition coefficient (Wildman–Crippen LogP) is 2.16. The van der Waals surface area contributed by atoms with Crippen molar-refractivity contribution in [2.24, 2.45) is 11.8 Å². The molecule has 0 rings (SSSR count). The van der Waals surface area contributed by atoms with Gasteiger partial charge in [-0.1, -0.05) is 13.8 Å². The normalized spacial score (nSPS) is 13.9. The van der Waals surface area contributed by atoms with Crippen molar-refractivity contribution in [2.45, 2.75) is 20.8 Å². The molecule has 0 N–H and O–H groups in total. The van der Waals surface area contributed by atoms with Crippen LogP contribution in [0.15, 0.2) is 0 Å². The van der Waals surface area contributed by atoms with Gasteiger partial charge in [-0.2, -0.15) is 12.6 Å². The zero-order valence-corrected chi connectivity index (χ0v) is 10.9. The molecule has 0 aliphatic rings. The summed E-state index contributed by atoms with van der Waals surface area (Å²) in [6.07, 6.45) is 0. The molecule has 0 spiro atoms. The molecule has 86 valence electrons. The molecule has 0 aliphatic carbocycles. The third-order valence-corrected chi connectivity index (χ3v) is 3.01. The van der Waals surface area contributed by atoms with Crippen LogP contribution in [0.25, 0.3) is 0 Å². The van der Waals surface area contributed by atoms with Gasteiger partial charge in [0.05, 0.1) is 6.61 Å². The highest BCUT2D eigenvalue weighted by Crippen LogP contribution is 2.13. The van der Waals surface area contributed by atoms with E-state index in [1.165, 1.54) is 0 Å². The lowest BCUT2D eigenvalue weighted by Gasteiger charge is -2.25. The van der Waals surface area contributed by atoms with Crippen LogP contribution < -0.4 is 0 Å². The summed E-state index contributed by atoms with van der Waals surface area (Å²) in [7, 11) is 2.15. The molecule has 0 fully saturated rings. The Balaban J connectivity index is 3.62. The fourth-order valence-electron chi connectivity index (χ4n) is 1.34. The Bertz CT molecular complexity index is 130. The van der Waals surface area contributed by atoms with Crippen molar-refractivity contribution in [1.82, 2.24) is 4.90 Å². The fraction of sp³-hybridized carbons (Fsp3) is 1.00. The largest absolute Gasteiger partial charge is 0.380 e. The Morgan fingerprint density at radius 2 is 2.00 bits per heavy atom. The molecule has 14 heavy (non-hydrogen) atoms. The summed E-state index contributed by atoms with van der Waals surface area (Å²) in [4.78, 5) is 2.33. The minimum absolute atomic E-state index is 0.685. The van der Waals surface area contributed by atoms with Crippen molar-refractivity contribution in [1.29, 1.82) is 0 Å². The van der Waals surface area contributed by atoms with Gasteiger partial charge < -0.3 is 9.64 Å². The Labute approximate surface area is 94.4 Å². The van der Waals surface area contributed by atoms with Gasteiger partial charge in [0.2, 0.25) is 0 Å². The minimum atomic E-state index is 0.685. The minimum Gasteiger partial charge on any atom is -0.380 e. The van der Waals surface area contributed by atoms with E-state index in [4.69, 9.17) is 4.74 Å². The Hall–Kier alpha value is 0.270. The maximum atomic E-state index is 5.32. The SMILES string of the molecule is CCOCCN(C)CC(CS)C(C)C. The van der Waals surface area contributed by atoms with E-state index in [1.807, 2.05) is 6.92 Å². The molecule has 1 atom stereocenters. The van der Waals surface area contributed by atoms with E-state index in [2.05, 4.69) is 38.4 Å². The molecule has 0 saturated carbocycles. The molecule has 0 aromatic rings. The molecule has 1 unspecified atom stereocenters. The molecular weight excluding hydrogens is 194 g/mol. The highest BCUT2D eigenvalue weighted by molar-refractivity contribution is 7.80. The van der Waals surface area contributed by atoms with Gasteiger partial charge >= 0.3 is 0 Å². The molecule has 2 nitrogen and oxygen atoms in total. The first-order chi connectivity index (χ1) is 6.61. The summed E-state index contributed by atoms with van der Waals surface area (Å²) >= 11 is 4.38. The first kappa shape index (κ1) is 14.3. The second kappa shape index (κ2) is 8.57. The van der Waals surface area contributed by atoms with Crippen molar-refractivity contribution < 1.29 is 4.74 Å². The Kier molecular flexibility index (Phi) is 8.73. The second-order valence-corrected chi connectivity index (χ2v) is 4.51. The van der Waals surface area contributed by atoms with Gasteiger partial charge in [0.15, 0.2) is 0 Å². The quantitative estimate of drug-likeness (QED) is 0.496. The molecule has 3 heteroatoms. The second-order valence-electron chi connectivity index (χ2n) is 4.15. The van der Waals surface area contributed by atoms with Gasteiger partial charge in [0.25, 0.3) is 0 Å². The van der Waals surface area contributed by atoms with Crippen LogP contribution in [0, 0.1) is 11.8 Å². The molecule has 0 aliphatic heterocycles. The molecule has 0 radical (unpaired) electrons. The van der Waals surface area contributed by atoms with Crippen LogP contribution in [0.4, 0.5) is 0 Å². The average molecular weight is 219 g/mol. The molecule has 0 bridgehead atoms. The number of thiol groups is 1. The summed E-state index contributed by atoms with van der Waals surface area (Å²) < 4.78 is 5.32. The van der Waals surface area contributed by atoms with Crippen molar-refractivity contribution in [3.8, 4) is 0 Å². The number of rotatable bonds is 8. The van der Waals surface area contributed by atoms with Crippen LogP contribution in [0.2, 0.25) is 0 Å². The van der Waals surface area contributed by atoms with Crippen LogP contribution in [0.1, 0.15) is 20.8 Å². The zero-order chi connectivity index (χ0) is 11.0. The van der Waals surface area contributed by atoms with E-state index in [1.54, 1.807) is 0 Å². The summed E-state index contributed by atoms with van der Waals surface area (Å²) in [6.45, 7) is 10.3. The van der Waals surface area contributed by atoms with Crippen LogP contribution in [0.5, 0.6) is 0 Å². The standard InChI is InChI=1S/C11H25NOS/c1-5-13-7-6-12(4)8-11(9-14)10(2)3/h10-11,14H,5-9H2,1-4H3. The summed E-state index contributed by atoms with van der Waals surface area (Å²) in [5.74, 6) is 2.36. The van der Waals surface area contributed by atoms with Gasteiger partial charge in [-0.15, -0.1) is 0 Å². The average Bonchev–Trinajstić information content (AvgIpc) is 2.14. The third-order valence-electron chi connectivity index (χ3n) is 2.54. The van der Waals surface area contributed by atoms with Crippen molar-refractivity contribution >= 4 is 12.6 Å². The number of ether oxygens (including phenoxy) is 1. The number of hydrogen-bond acceptors (Lipinski definition) is 3. The number of hydrogen-bond donors (Lipinski definition) is 1. The topological polar surface area (TPSA) is 12.5 Å². The summed E-state index contributed by atoms with van der Waals surface area (Å²) in [6, 6.07) is 0. The number of likely N-dealkylation sites (N-methyl/N-ethyl adjacent to an activating group) is 1. The number of nitrogens with zero attached hydrogens (tertiary/aromatic N) is 1. The molecule has 0 aromatic carbocycles. The van der Waals surface area contributed by atoms with Crippen LogP contribution in [-0.2, 0) is 4.74 Å². The van der Waals surface area contributed by atoms with E-state index in [9.17, 15) is 0 Å². The monoisotopic (exact) mass is 219 g/mol.